The van der Waals surface area contributed by atoms with Crippen molar-refractivity contribution < 1.29 is 13.5 Å². The van der Waals surface area contributed by atoms with Gasteiger partial charge in [0.15, 0.2) is 5.96 Å². The first-order chi connectivity index (χ1) is 13.6. The minimum atomic E-state index is -0.551. The van der Waals surface area contributed by atoms with E-state index >= 15 is 0 Å². The number of benzene rings is 1. The van der Waals surface area contributed by atoms with Crippen molar-refractivity contribution in [3.63, 3.8) is 0 Å². The summed E-state index contributed by atoms with van der Waals surface area (Å²) in [4.78, 5) is 8.78. The summed E-state index contributed by atoms with van der Waals surface area (Å²) in [6.45, 7) is 5.05. The molecule has 3 heterocycles. The first kappa shape index (κ1) is 19.4. The molecule has 0 aliphatic carbocycles. The molecular weight excluding hydrogens is 364 g/mol. The highest BCUT2D eigenvalue weighted by Gasteiger charge is 2.32. The monoisotopic (exact) mass is 393 g/mol. The van der Waals surface area contributed by atoms with E-state index in [4.69, 9.17) is 4.74 Å². The molecule has 3 unspecified atom stereocenters. The van der Waals surface area contributed by atoms with Crippen LogP contribution >= 0.6 is 0 Å². The number of guanidine groups is 1. The maximum Gasteiger partial charge on any atom is 0.191 e. The summed E-state index contributed by atoms with van der Waals surface area (Å²) in [5.41, 5.74) is 0.449. The Kier molecular flexibility index (Phi) is 5.96. The predicted molar refractivity (Wildman–Crippen MR) is 106 cm³/mol. The van der Waals surface area contributed by atoms with Crippen LogP contribution in [0.1, 0.15) is 19.3 Å². The van der Waals surface area contributed by atoms with E-state index in [1.807, 2.05) is 4.90 Å². The Labute approximate surface area is 164 Å². The summed E-state index contributed by atoms with van der Waals surface area (Å²) < 4.78 is 33.1. The van der Waals surface area contributed by atoms with E-state index in [0.717, 1.165) is 38.1 Å². The van der Waals surface area contributed by atoms with Crippen molar-refractivity contribution in [2.24, 2.45) is 4.99 Å². The highest BCUT2D eigenvalue weighted by Crippen LogP contribution is 2.24. The summed E-state index contributed by atoms with van der Waals surface area (Å²) in [5.74, 6) is -0.332. The largest absolute Gasteiger partial charge is 0.373 e. The molecule has 0 aromatic heterocycles. The summed E-state index contributed by atoms with van der Waals surface area (Å²) in [6.07, 6.45) is 3.55. The van der Waals surface area contributed by atoms with E-state index in [1.165, 1.54) is 31.5 Å². The lowest BCUT2D eigenvalue weighted by molar-refractivity contribution is -0.0453. The van der Waals surface area contributed by atoms with Gasteiger partial charge in [-0.15, -0.1) is 0 Å². The lowest BCUT2D eigenvalue weighted by atomic mass is 10.2. The zero-order valence-electron chi connectivity index (χ0n) is 16.3. The standard InChI is InChI=1S/C20H29F2N5O/c1-23-20(24-10-17-12-26-7-2-3-16(26)13-28-17)25-15-6-8-27(11-15)19-5-4-14(21)9-18(19)22/h4-5,9,15-17H,2-3,6-8,10-13H2,1H3,(H2,23,24,25). The molecule has 0 radical (unpaired) electrons. The molecule has 3 fully saturated rings. The van der Waals surface area contributed by atoms with E-state index in [0.29, 0.717) is 24.8 Å². The Morgan fingerprint density at radius 3 is 2.96 bits per heavy atom. The van der Waals surface area contributed by atoms with Crippen LogP contribution < -0.4 is 15.5 Å². The minimum Gasteiger partial charge on any atom is -0.373 e. The van der Waals surface area contributed by atoms with Crippen molar-refractivity contribution in [2.75, 3.05) is 51.3 Å². The zero-order chi connectivity index (χ0) is 19.5. The summed E-state index contributed by atoms with van der Waals surface area (Å²) in [5, 5.41) is 6.78. The van der Waals surface area contributed by atoms with Gasteiger partial charge in [0.2, 0.25) is 0 Å². The number of nitrogens with one attached hydrogen (secondary N) is 2. The number of halogens is 2. The maximum atomic E-state index is 14.0. The van der Waals surface area contributed by atoms with Crippen molar-refractivity contribution in [3.05, 3.63) is 29.8 Å². The van der Waals surface area contributed by atoms with Crippen LogP contribution in [0, 0.1) is 11.6 Å². The topological polar surface area (TPSA) is 52.1 Å². The molecule has 2 N–H and O–H groups in total. The molecule has 1 aromatic rings. The highest BCUT2D eigenvalue weighted by atomic mass is 19.1. The van der Waals surface area contributed by atoms with Gasteiger partial charge in [-0.2, -0.15) is 0 Å². The molecule has 6 nitrogen and oxygen atoms in total. The van der Waals surface area contributed by atoms with Gasteiger partial charge >= 0.3 is 0 Å². The minimum absolute atomic E-state index is 0.158. The molecule has 0 saturated carbocycles. The SMILES string of the molecule is CN=C(NCC1CN2CCCC2CO1)NC1CCN(c2ccc(F)cc2F)C1. The molecule has 154 valence electrons. The van der Waals surface area contributed by atoms with E-state index < -0.39 is 11.6 Å². The quantitative estimate of drug-likeness (QED) is 0.601. The number of aliphatic imine (C=N–C) groups is 1. The zero-order valence-corrected chi connectivity index (χ0v) is 16.3. The van der Waals surface area contributed by atoms with Gasteiger partial charge in [-0.3, -0.25) is 9.89 Å². The van der Waals surface area contributed by atoms with E-state index in [2.05, 4.69) is 20.5 Å². The van der Waals surface area contributed by atoms with E-state index in [-0.39, 0.29) is 12.1 Å². The number of morpholine rings is 1. The second kappa shape index (κ2) is 8.61. The summed E-state index contributed by atoms with van der Waals surface area (Å²) >= 11 is 0. The third kappa shape index (κ3) is 4.38. The van der Waals surface area contributed by atoms with E-state index in [9.17, 15) is 8.78 Å². The fourth-order valence-electron chi connectivity index (χ4n) is 4.44. The number of rotatable bonds is 4. The average Bonchev–Trinajstić information content (AvgIpc) is 3.34. The van der Waals surface area contributed by atoms with Gasteiger partial charge in [-0.05, 0) is 37.9 Å². The molecule has 3 saturated heterocycles. The molecule has 3 aliphatic heterocycles. The van der Waals surface area contributed by atoms with Crippen LogP contribution in [0.5, 0.6) is 0 Å². The van der Waals surface area contributed by atoms with Crippen LogP contribution in [-0.4, -0.2) is 75.4 Å². The van der Waals surface area contributed by atoms with Crippen molar-refractivity contribution in [1.29, 1.82) is 0 Å². The Balaban J connectivity index is 1.25. The number of nitrogens with zero attached hydrogens (tertiary/aromatic N) is 3. The van der Waals surface area contributed by atoms with Crippen molar-refractivity contribution in [2.45, 2.75) is 37.5 Å². The molecule has 28 heavy (non-hydrogen) atoms. The summed E-state index contributed by atoms with van der Waals surface area (Å²) in [6, 6.07) is 4.50. The van der Waals surface area contributed by atoms with Crippen LogP contribution in [0.25, 0.3) is 0 Å². The average molecular weight is 393 g/mol. The number of ether oxygens (including phenoxy) is 1. The van der Waals surface area contributed by atoms with Gasteiger partial charge in [0, 0.05) is 51.4 Å². The van der Waals surface area contributed by atoms with Crippen LogP contribution in [0.2, 0.25) is 0 Å². The number of hydrogen-bond acceptors (Lipinski definition) is 4. The number of fused-ring (bicyclic) bond motifs is 1. The van der Waals surface area contributed by atoms with E-state index in [1.54, 1.807) is 7.05 Å². The van der Waals surface area contributed by atoms with Gasteiger partial charge in [-0.25, -0.2) is 8.78 Å². The predicted octanol–water partition coefficient (Wildman–Crippen LogP) is 1.57. The van der Waals surface area contributed by atoms with Crippen molar-refractivity contribution in [1.82, 2.24) is 15.5 Å². The summed E-state index contributed by atoms with van der Waals surface area (Å²) in [7, 11) is 1.75. The molecule has 1 aromatic carbocycles. The van der Waals surface area contributed by atoms with Gasteiger partial charge in [0.25, 0.3) is 0 Å². The lowest BCUT2D eigenvalue weighted by Crippen LogP contribution is -2.52. The fourth-order valence-corrected chi connectivity index (χ4v) is 4.44. The second-order valence-corrected chi connectivity index (χ2v) is 7.87. The Morgan fingerprint density at radius 1 is 1.25 bits per heavy atom. The smallest absolute Gasteiger partial charge is 0.191 e. The third-order valence-corrected chi connectivity index (χ3v) is 5.96. The molecule has 0 bridgehead atoms. The molecule has 8 heteroatoms. The normalized spacial score (nSPS) is 28.5. The Bertz CT molecular complexity index is 716. The lowest BCUT2D eigenvalue weighted by Gasteiger charge is -2.35. The molecule has 0 spiro atoms. The van der Waals surface area contributed by atoms with Crippen LogP contribution in [0.3, 0.4) is 0 Å². The Hall–Kier alpha value is -1.93. The van der Waals surface area contributed by atoms with Gasteiger partial charge in [0.05, 0.1) is 18.4 Å². The molecule has 0 amide bonds. The fraction of sp³-hybridized carbons (Fsp3) is 0.650. The number of anilines is 1. The van der Waals surface area contributed by atoms with Crippen LogP contribution in [-0.2, 0) is 4.74 Å². The van der Waals surface area contributed by atoms with Crippen LogP contribution in [0.15, 0.2) is 23.2 Å². The Morgan fingerprint density at radius 2 is 2.14 bits per heavy atom. The van der Waals surface area contributed by atoms with Crippen molar-refractivity contribution >= 4 is 11.6 Å². The van der Waals surface area contributed by atoms with Crippen LogP contribution in [0.4, 0.5) is 14.5 Å². The third-order valence-electron chi connectivity index (χ3n) is 5.96. The van der Waals surface area contributed by atoms with Gasteiger partial charge in [-0.1, -0.05) is 0 Å². The molecule has 3 aliphatic rings. The highest BCUT2D eigenvalue weighted by molar-refractivity contribution is 5.80. The molecule has 4 rings (SSSR count). The molecular formula is C20H29F2N5O. The first-order valence-corrected chi connectivity index (χ1v) is 10.1. The van der Waals surface area contributed by atoms with Gasteiger partial charge in [0.1, 0.15) is 11.6 Å². The second-order valence-electron chi connectivity index (χ2n) is 7.87. The number of hydrogen-bond donors (Lipinski definition) is 2. The first-order valence-electron chi connectivity index (χ1n) is 10.1. The molecule has 3 atom stereocenters. The maximum absolute atomic E-state index is 14.0. The van der Waals surface area contributed by atoms with Crippen molar-refractivity contribution in [3.8, 4) is 0 Å². The van der Waals surface area contributed by atoms with Gasteiger partial charge < -0.3 is 20.3 Å².